The van der Waals surface area contributed by atoms with Crippen molar-refractivity contribution < 1.29 is 0 Å². The zero-order valence-electron chi connectivity index (χ0n) is 5.40. The van der Waals surface area contributed by atoms with Crippen LogP contribution < -0.4 is 0 Å². The minimum Gasteiger partial charge on any atom is -0.193 e. The van der Waals surface area contributed by atoms with Gasteiger partial charge in [-0.3, -0.25) is 0 Å². The second-order valence-electron chi connectivity index (χ2n) is 1.75. The molecule has 0 bridgehead atoms. The second-order valence-corrected chi connectivity index (χ2v) is 2.31. The maximum Gasteiger partial charge on any atom is 0.101 e. The van der Waals surface area contributed by atoms with Crippen LogP contribution in [0.15, 0.2) is 12.3 Å². The van der Waals surface area contributed by atoms with Crippen molar-refractivity contribution in [1.82, 2.24) is 8.75 Å². The Labute approximate surface area is 63.0 Å². The van der Waals surface area contributed by atoms with Gasteiger partial charge >= 0.3 is 0 Å². The summed E-state index contributed by atoms with van der Waals surface area (Å²) >= 11 is 1.14. The van der Waals surface area contributed by atoms with Gasteiger partial charge in [0, 0.05) is 6.08 Å². The van der Waals surface area contributed by atoms with Gasteiger partial charge in [-0.1, -0.05) is 0 Å². The molecule has 10 heavy (non-hydrogen) atoms. The monoisotopic (exact) mass is 151 g/mol. The molecule has 1 aromatic rings. The first kappa shape index (κ1) is 6.90. The third kappa shape index (κ3) is 1.39. The van der Waals surface area contributed by atoms with Gasteiger partial charge in [0.05, 0.1) is 24.0 Å². The highest BCUT2D eigenvalue weighted by molar-refractivity contribution is 6.99. The minimum absolute atomic E-state index is 0.784. The van der Waals surface area contributed by atoms with Gasteiger partial charge in [-0.25, -0.2) is 0 Å². The average molecular weight is 151 g/mol. The Morgan fingerprint density at radius 3 is 3.20 bits per heavy atom. The van der Waals surface area contributed by atoms with E-state index in [-0.39, 0.29) is 0 Å². The Morgan fingerprint density at radius 2 is 2.70 bits per heavy atom. The lowest BCUT2D eigenvalue weighted by Crippen LogP contribution is -1.75. The molecule has 0 radical (unpaired) electrons. The molecule has 0 aromatic carbocycles. The van der Waals surface area contributed by atoms with Gasteiger partial charge < -0.3 is 0 Å². The van der Waals surface area contributed by atoms with Gasteiger partial charge in [-0.15, -0.1) is 0 Å². The van der Waals surface area contributed by atoms with E-state index >= 15 is 0 Å². The quantitative estimate of drug-likeness (QED) is 0.571. The first-order valence-corrected chi connectivity index (χ1v) is 3.42. The molecule has 0 aliphatic carbocycles. The Kier molecular flexibility index (Phi) is 2.13. The highest BCUT2D eigenvalue weighted by Crippen LogP contribution is 2.08. The lowest BCUT2D eigenvalue weighted by molar-refractivity contribution is 1.42. The predicted octanol–water partition coefficient (Wildman–Crippen LogP) is 1.46. The van der Waals surface area contributed by atoms with Crippen molar-refractivity contribution in [3.05, 3.63) is 18.0 Å². The molecule has 0 saturated heterocycles. The van der Waals surface area contributed by atoms with Gasteiger partial charge in [0.15, 0.2) is 0 Å². The van der Waals surface area contributed by atoms with Crippen LogP contribution in [0.25, 0.3) is 5.57 Å². The Balaban J connectivity index is 2.90. The normalized spacial score (nSPS) is 11.0. The van der Waals surface area contributed by atoms with Crippen molar-refractivity contribution in [3.8, 4) is 6.07 Å². The van der Waals surface area contributed by atoms with E-state index in [0.29, 0.717) is 0 Å². The second kappa shape index (κ2) is 3.08. The molecule has 0 amide bonds. The number of hydrogen-bond acceptors (Lipinski definition) is 4. The minimum atomic E-state index is 0.784. The van der Waals surface area contributed by atoms with Crippen LogP contribution in [0, 0.1) is 11.3 Å². The van der Waals surface area contributed by atoms with Crippen molar-refractivity contribution in [2.75, 3.05) is 0 Å². The molecule has 4 heteroatoms. The molecule has 1 heterocycles. The first-order chi connectivity index (χ1) is 4.84. The molecule has 0 aliphatic heterocycles. The Hall–Kier alpha value is -1.21. The number of nitriles is 1. The van der Waals surface area contributed by atoms with Crippen LogP contribution in [-0.4, -0.2) is 8.75 Å². The topological polar surface area (TPSA) is 49.6 Å². The van der Waals surface area contributed by atoms with E-state index in [1.807, 2.05) is 13.0 Å². The number of hydrogen-bond donors (Lipinski definition) is 0. The fourth-order valence-corrected chi connectivity index (χ4v) is 0.982. The van der Waals surface area contributed by atoms with Crippen molar-refractivity contribution >= 4 is 17.3 Å². The van der Waals surface area contributed by atoms with E-state index in [9.17, 15) is 0 Å². The lowest BCUT2D eigenvalue weighted by Gasteiger charge is -1.86. The van der Waals surface area contributed by atoms with Crippen LogP contribution in [-0.2, 0) is 0 Å². The molecule has 50 valence electrons. The van der Waals surface area contributed by atoms with Gasteiger partial charge in [-0.2, -0.15) is 14.0 Å². The summed E-state index contributed by atoms with van der Waals surface area (Å²) in [4.78, 5) is 0. The molecule has 0 saturated carbocycles. The molecule has 0 N–H and O–H groups in total. The summed E-state index contributed by atoms with van der Waals surface area (Å²) in [6.45, 7) is 1.83. The summed E-state index contributed by atoms with van der Waals surface area (Å²) in [5, 5.41) is 8.26. The largest absolute Gasteiger partial charge is 0.193 e. The average Bonchev–Trinajstić information content (AvgIpc) is 2.38. The van der Waals surface area contributed by atoms with E-state index in [1.165, 1.54) is 6.08 Å². The number of rotatable bonds is 1. The molecule has 0 aliphatic rings. The SMILES string of the molecule is C/C(=C\C#N)c1cnsn1. The molecule has 0 spiro atoms. The smallest absolute Gasteiger partial charge is 0.101 e. The summed E-state index contributed by atoms with van der Waals surface area (Å²) in [6.07, 6.45) is 3.10. The molecule has 0 fully saturated rings. The van der Waals surface area contributed by atoms with E-state index in [1.54, 1.807) is 6.20 Å². The Morgan fingerprint density at radius 1 is 1.90 bits per heavy atom. The van der Waals surface area contributed by atoms with Crippen LogP contribution in [0.2, 0.25) is 0 Å². The maximum atomic E-state index is 8.26. The summed E-state index contributed by atoms with van der Waals surface area (Å²) < 4.78 is 7.75. The highest BCUT2D eigenvalue weighted by atomic mass is 32.1. The zero-order valence-corrected chi connectivity index (χ0v) is 6.22. The van der Waals surface area contributed by atoms with Crippen molar-refractivity contribution in [2.24, 2.45) is 0 Å². The first-order valence-electron chi connectivity index (χ1n) is 2.69. The summed E-state index contributed by atoms with van der Waals surface area (Å²) in [5.74, 6) is 0. The Bertz CT molecular complexity index is 268. The molecular weight excluding hydrogens is 146 g/mol. The lowest BCUT2D eigenvalue weighted by atomic mass is 10.2. The van der Waals surface area contributed by atoms with Crippen LogP contribution in [0.1, 0.15) is 12.6 Å². The van der Waals surface area contributed by atoms with E-state index < -0.39 is 0 Å². The summed E-state index contributed by atoms with van der Waals surface area (Å²) in [5.41, 5.74) is 1.64. The molecule has 0 unspecified atom stereocenters. The fraction of sp³-hybridized carbons (Fsp3) is 0.167. The van der Waals surface area contributed by atoms with E-state index in [2.05, 4.69) is 8.75 Å². The molecule has 3 nitrogen and oxygen atoms in total. The van der Waals surface area contributed by atoms with Crippen LogP contribution >= 0.6 is 11.7 Å². The van der Waals surface area contributed by atoms with Crippen LogP contribution in [0.3, 0.4) is 0 Å². The van der Waals surface area contributed by atoms with Gasteiger partial charge in [0.25, 0.3) is 0 Å². The van der Waals surface area contributed by atoms with E-state index in [0.717, 1.165) is 23.0 Å². The van der Waals surface area contributed by atoms with Gasteiger partial charge in [-0.05, 0) is 12.5 Å². The van der Waals surface area contributed by atoms with Crippen LogP contribution in [0.4, 0.5) is 0 Å². The standard InChI is InChI=1S/C6H5N3S/c1-5(2-3-7)6-4-8-10-9-6/h2,4H,1H3/b5-2+. The highest BCUT2D eigenvalue weighted by Gasteiger charge is 1.95. The van der Waals surface area contributed by atoms with Crippen molar-refractivity contribution in [2.45, 2.75) is 6.92 Å². The van der Waals surface area contributed by atoms with Gasteiger partial charge in [0.1, 0.15) is 5.69 Å². The van der Waals surface area contributed by atoms with Crippen LogP contribution in [0.5, 0.6) is 0 Å². The van der Waals surface area contributed by atoms with Crippen molar-refractivity contribution in [3.63, 3.8) is 0 Å². The third-order valence-electron chi connectivity index (χ3n) is 1.05. The fourth-order valence-electron chi connectivity index (χ4n) is 0.509. The molecule has 0 atom stereocenters. The number of nitrogens with zero attached hydrogens (tertiary/aromatic N) is 3. The number of allylic oxidation sites excluding steroid dienone is 2. The molecule has 1 rings (SSSR count). The predicted molar refractivity (Wildman–Crippen MR) is 39.2 cm³/mol. The molecular formula is C6H5N3S. The summed E-state index contributed by atoms with van der Waals surface area (Å²) in [7, 11) is 0. The van der Waals surface area contributed by atoms with Gasteiger partial charge in [0.2, 0.25) is 0 Å². The third-order valence-corrected chi connectivity index (χ3v) is 1.52. The van der Waals surface area contributed by atoms with E-state index in [4.69, 9.17) is 5.26 Å². The molecule has 1 aromatic heterocycles. The van der Waals surface area contributed by atoms with Crippen molar-refractivity contribution in [1.29, 1.82) is 5.26 Å². The number of aromatic nitrogens is 2. The zero-order chi connectivity index (χ0) is 7.40. The summed E-state index contributed by atoms with van der Waals surface area (Å²) in [6, 6.07) is 1.93. The maximum absolute atomic E-state index is 8.26.